The van der Waals surface area contributed by atoms with Crippen LogP contribution in [-0.4, -0.2) is 25.9 Å². The number of hydrogen-bond acceptors (Lipinski definition) is 7. The van der Waals surface area contributed by atoms with E-state index in [1.54, 1.807) is 6.08 Å². The summed E-state index contributed by atoms with van der Waals surface area (Å²) in [4.78, 5) is 17.3. The van der Waals surface area contributed by atoms with Crippen LogP contribution in [0.2, 0.25) is 0 Å². The van der Waals surface area contributed by atoms with Crippen LogP contribution in [0, 0.1) is 20.8 Å². The number of carbonyl (C=O) groups excluding carboxylic acids is 1. The number of carbonyl (C=O) groups is 1. The summed E-state index contributed by atoms with van der Waals surface area (Å²) < 4.78 is 12.3. The van der Waals surface area contributed by atoms with Crippen molar-refractivity contribution in [1.82, 2.24) is 19.9 Å². The number of thiophene rings is 1. The van der Waals surface area contributed by atoms with Gasteiger partial charge in [-0.15, -0.1) is 11.3 Å². The summed E-state index contributed by atoms with van der Waals surface area (Å²) in [5.74, 6) is 0.258. The maximum atomic E-state index is 12.2. The van der Waals surface area contributed by atoms with Crippen LogP contribution in [0.1, 0.15) is 34.0 Å². The molecule has 3 heterocycles. The van der Waals surface area contributed by atoms with Gasteiger partial charge in [0.1, 0.15) is 0 Å². The molecule has 0 aliphatic rings. The molecule has 8 heteroatoms. The number of nitrogens with zero attached hydrogens (tertiary/aromatic N) is 4. The minimum atomic E-state index is -0.485. The lowest BCUT2D eigenvalue weighted by atomic mass is 10.1. The Bertz CT molecular complexity index is 1200. The van der Waals surface area contributed by atoms with Gasteiger partial charge in [-0.2, -0.15) is 10.1 Å². The fourth-order valence-corrected chi connectivity index (χ4v) is 3.77. The van der Waals surface area contributed by atoms with Crippen LogP contribution in [0.4, 0.5) is 0 Å². The quantitative estimate of drug-likeness (QED) is 0.309. The third kappa shape index (κ3) is 4.97. The number of benzene rings is 1. The van der Waals surface area contributed by atoms with E-state index in [0.717, 1.165) is 21.8 Å². The fraction of sp³-hybridized carbons (Fsp3) is 0.217. The van der Waals surface area contributed by atoms with Gasteiger partial charge >= 0.3 is 5.97 Å². The van der Waals surface area contributed by atoms with Crippen molar-refractivity contribution in [2.24, 2.45) is 0 Å². The first-order valence-electron chi connectivity index (χ1n) is 9.80. The molecule has 0 spiro atoms. The summed E-state index contributed by atoms with van der Waals surface area (Å²) in [6, 6.07) is 12.2. The molecule has 0 saturated heterocycles. The standard InChI is InChI=1S/C23H22N4O3S/c1-15-6-8-18(9-7-15)13-27-17(3)19(16(2)25-27)10-11-22(28)29-14-21-24-23(26-30-21)20-5-4-12-31-20/h4-12H,13-14H2,1-3H3/b11-10+. The van der Waals surface area contributed by atoms with Crippen LogP contribution >= 0.6 is 11.3 Å². The van der Waals surface area contributed by atoms with E-state index in [9.17, 15) is 4.79 Å². The Labute approximate surface area is 184 Å². The van der Waals surface area contributed by atoms with Gasteiger partial charge in [0, 0.05) is 17.3 Å². The van der Waals surface area contributed by atoms with Crippen molar-refractivity contribution >= 4 is 23.4 Å². The zero-order chi connectivity index (χ0) is 21.8. The van der Waals surface area contributed by atoms with E-state index in [4.69, 9.17) is 9.26 Å². The predicted octanol–water partition coefficient (Wildman–Crippen LogP) is 4.72. The highest BCUT2D eigenvalue weighted by molar-refractivity contribution is 7.13. The molecule has 158 valence electrons. The fourth-order valence-electron chi connectivity index (χ4n) is 3.12. The number of rotatable bonds is 7. The predicted molar refractivity (Wildman–Crippen MR) is 118 cm³/mol. The average molecular weight is 435 g/mol. The normalized spacial score (nSPS) is 11.3. The number of esters is 1. The zero-order valence-corrected chi connectivity index (χ0v) is 18.3. The molecule has 0 saturated carbocycles. The highest BCUT2D eigenvalue weighted by atomic mass is 32.1. The maximum absolute atomic E-state index is 12.2. The molecule has 0 aliphatic carbocycles. The van der Waals surface area contributed by atoms with E-state index in [2.05, 4.69) is 46.4 Å². The lowest BCUT2D eigenvalue weighted by molar-refractivity contribution is -0.139. The molecule has 4 aromatic rings. The van der Waals surface area contributed by atoms with Crippen molar-refractivity contribution in [2.75, 3.05) is 0 Å². The third-order valence-electron chi connectivity index (χ3n) is 4.82. The molecule has 0 unspecified atom stereocenters. The first kappa shape index (κ1) is 20.7. The second-order valence-electron chi connectivity index (χ2n) is 7.16. The number of aryl methyl sites for hydroxylation is 2. The van der Waals surface area contributed by atoms with E-state index < -0.39 is 5.97 Å². The molecule has 1 aromatic carbocycles. The van der Waals surface area contributed by atoms with Crippen molar-refractivity contribution in [3.63, 3.8) is 0 Å². The Balaban J connectivity index is 1.37. The van der Waals surface area contributed by atoms with Gasteiger partial charge in [0.05, 0.1) is 17.1 Å². The molecule has 0 N–H and O–H groups in total. The molecule has 0 aliphatic heterocycles. The summed E-state index contributed by atoms with van der Waals surface area (Å²) >= 11 is 1.51. The van der Waals surface area contributed by atoms with Gasteiger partial charge in [-0.1, -0.05) is 41.1 Å². The highest BCUT2D eigenvalue weighted by Gasteiger charge is 2.12. The lowest BCUT2D eigenvalue weighted by Gasteiger charge is -2.05. The monoisotopic (exact) mass is 434 g/mol. The largest absolute Gasteiger partial charge is 0.452 e. The van der Waals surface area contributed by atoms with Crippen molar-refractivity contribution in [1.29, 1.82) is 0 Å². The number of aromatic nitrogens is 4. The Morgan fingerprint density at radius 2 is 2.00 bits per heavy atom. The van der Waals surface area contributed by atoms with Crippen LogP contribution in [-0.2, 0) is 22.7 Å². The molecule has 0 amide bonds. The topological polar surface area (TPSA) is 83.0 Å². The minimum Gasteiger partial charge on any atom is -0.452 e. The zero-order valence-electron chi connectivity index (χ0n) is 17.5. The van der Waals surface area contributed by atoms with Crippen LogP contribution in [0.3, 0.4) is 0 Å². The molecule has 31 heavy (non-hydrogen) atoms. The molecular weight excluding hydrogens is 412 g/mol. The molecule has 0 fully saturated rings. The highest BCUT2D eigenvalue weighted by Crippen LogP contribution is 2.21. The van der Waals surface area contributed by atoms with Crippen molar-refractivity contribution in [3.8, 4) is 10.7 Å². The van der Waals surface area contributed by atoms with Crippen molar-refractivity contribution < 1.29 is 14.1 Å². The van der Waals surface area contributed by atoms with E-state index in [1.165, 1.54) is 28.5 Å². The van der Waals surface area contributed by atoms with Gasteiger partial charge in [0.25, 0.3) is 5.89 Å². The van der Waals surface area contributed by atoms with Crippen molar-refractivity contribution in [2.45, 2.75) is 33.9 Å². The van der Waals surface area contributed by atoms with Crippen LogP contribution < -0.4 is 0 Å². The number of hydrogen-bond donors (Lipinski definition) is 0. The summed E-state index contributed by atoms with van der Waals surface area (Å²) in [6.07, 6.45) is 3.13. The molecule has 4 rings (SSSR count). The van der Waals surface area contributed by atoms with Crippen LogP contribution in [0.5, 0.6) is 0 Å². The van der Waals surface area contributed by atoms with E-state index in [-0.39, 0.29) is 12.5 Å². The Morgan fingerprint density at radius 1 is 1.19 bits per heavy atom. The van der Waals surface area contributed by atoms with Gasteiger partial charge in [-0.25, -0.2) is 4.79 Å². The molecule has 0 bridgehead atoms. The second kappa shape index (κ2) is 9.09. The lowest BCUT2D eigenvalue weighted by Crippen LogP contribution is -2.04. The van der Waals surface area contributed by atoms with Crippen molar-refractivity contribution in [3.05, 3.63) is 81.8 Å². The maximum Gasteiger partial charge on any atom is 0.331 e. The summed E-state index contributed by atoms with van der Waals surface area (Å²) in [5.41, 5.74) is 5.14. The van der Waals surface area contributed by atoms with Gasteiger partial charge in [0.15, 0.2) is 6.61 Å². The van der Waals surface area contributed by atoms with Crippen LogP contribution in [0.15, 0.2) is 52.4 Å². The molecule has 7 nitrogen and oxygen atoms in total. The van der Waals surface area contributed by atoms with Gasteiger partial charge in [0.2, 0.25) is 5.82 Å². The summed E-state index contributed by atoms with van der Waals surface area (Å²) in [7, 11) is 0. The Hall–Kier alpha value is -3.52. The van der Waals surface area contributed by atoms with Crippen LogP contribution in [0.25, 0.3) is 16.8 Å². The molecule has 0 radical (unpaired) electrons. The van der Waals surface area contributed by atoms with Gasteiger partial charge in [-0.05, 0) is 43.9 Å². The number of ether oxygens (including phenoxy) is 1. The molecule has 0 atom stereocenters. The van der Waals surface area contributed by atoms with Gasteiger partial charge < -0.3 is 9.26 Å². The summed E-state index contributed by atoms with van der Waals surface area (Å²) in [6.45, 7) is 6.58. The molecule has 3 aromatic heterocycles. The third-order valence-corrected chi connectivity index (χ3v) is 5.69. The SMILES string of the molecule is Cc1ccc(Cn2nc(C)c(/C=C/C(=O)OCc3nc(-c4cccs4)no3)c2C)cc1. The first-order chi connectivity index (χ1) is 15.0. The van der Waals surface area contributed by atoms with E-state index in [1.807, 2.05) is 36.0 Å². The Kier molecular flexibility index (Phi) is 6.08. The smallest absolute Gasteiger partial charge is 0.331 e. The second-order valence-corrected chi connectivity index (χ2v) is 8.11. The minimum absolute atomic E-state index is 0.0772. The first-order valence-corrected chi connectivity index (χ1v) is 10.7. The van der Waals surface area contributed by atoms with Gasteiger partial charge in [-0.3, -0.25) is 4.68 Å². The van der Waals surface area contributed by atoms with E-state index >= 15 is 0 Å². The van der Waals surface area contributed by atoms with E-state index in [0.29, 0.717) is 12.4 Å². The summed E-state index contributed by atoms with van der Waals surface area (Å²) in [5, 5.41) is 10.4. The average Bonchev–Trinajstić information content (AvgIpc) is 3.49. The Morgan fingerprint density at radius 3 is 2.74 bits per heavy atom. The molecular formula is C23H22N4O3S.